The number of carbonyl (C=O) groups is 2. The smallest absolute Gasteiger partial charge is 0.259 e. The first kappa shape index (κ1) is 18.8. The SMILES string of the molecule is Cc1ccc(C(=O)NCCc2scnc2C)cc1NC(=O)c1ccoc1C. The van der Waals surface area contributed by atoms with Gasteiger partial charge in [-0.1, -0.05) is 6.07 Å². The lowest BCUT2D eigenvalue weighted by Crippen LogP contribution is -2.26. The molecule has 1 aromatic carbocycles. The van der Waals surface area contributed by atoms with Crippen LogP contribution in [0.25, 0.3) is 0 Å². The highest BCUT2D eigenvalue weighted by Gasteiger charge is 2.14. The molecule has 140 valence electrons. The summed E-state index contributed by atoms with van der Waals surface area (Å²) < 4.78 is 5.17. The van der Waals surface area contributed by atoms with Crippen molar-refractivity contribution in [2.75, 3.05) is 11.9 Å². The van der Waals surface area contributed by atoms with Gasteiger partial charge < -0.3 is 15.1 Å². The van der Waals surface area contributed by atoms with Crippen LogP contribution in [-0.2, 0) is 6.42 Å². The molecule has 3 rings (SSSR count). The topological polar surface area (TPSA) is 84.2 Å². The molecule has 2 amide bonds. The molecule has 0 saturated heterocycles. The zero-order valence-electron chi connectivity index (χ0n) is 15.5. The third-order valence-corrected chi connectivity index (χ3v) is 5.33. The maximum Gasteiger partial charge on any atom is 0.259 e. The number of benzene rings is 1. The van der Waals surface area contributed by atoms with E-state index in [1.165, 1.54) is 11.1 Å². The molecule has 6 nitrogen and oxygen atoms in total. The lowest BCUT2D eigenvalue weighted by molar-refractivity contribution is 0.0952. The number of nitrogens with one attached hydrogen (secondary N) is 2. The van der Waals surface area contributed by atoms with Gasteiger partial charge in [-0.05, 0) is 44.5 Å². The number of nitrogens with zero attached hydrogens (tertiary/aromatic N) is 1. The fourth-order valence-electron chi connectivity index (χ4n) is 2.67. The van der Waals surface area contributed by atoms with Gasteiger partial charge in [-0.25, -0.2) is 4.98 Å². The number of thiazole rings is 1. The minimum absolute atomic E-state index is 0.174. The highest BCUT2D eigenvalue weighted by atomic mass is 32.1. The van der Waals surface area contributed by atoms with E-state index < -0.39 is 0 Å². The summed E-state index contributed by atoms with van der Waals surface area (Å²) in [7, 11) is 0. The lowest BCUT2D eigenvalue weighted by atomic mass is 10.1. The van der Waals surface area contributed by atoms with Crippen LogP contribution in [0.2, 0.25) is 0 Å². The van der Waals surface area contributed by atoms with Crippen molar-refractivity contribution < 1.29 is 14.0 Å². The van der Waals surface area contributed by atoms with Gasteiger partial charge in [-0.2, -0.15) is 0 Å². The number of hydrogen-bond acceptors (Lipinski definition) is 5. The van der Waals surface area contributed by atoms with Crippen LogP contribution in [0.1, 0.15) is 42.6 Å². The number of aryl methyl sites for hydroxylation is 3. The van der Waals surface area contributed by atoms with Crippen LogP contribution in [0.3, 0.4) is 0 Å². The average molecular weight is 383 g/mol. The quantitative estimate of drug-likeness (QED) is 0.676. The number of rotatable bonds is 6. The lowest BCUT2D eigenvalue weighted by Gasteiger charge is -2.11. The van der Waals surface area contributed by atoms with Gasteiger partial charge >= 0.3 is 0 Å². The van der Waals surface area contributed by atoms with E-state index in [2.05, 4.69) is 15.6 Å². The van der Waals surface area contributed by atoms with E-state index >= 15 is 0 Å². The molecule has 0 bridgehead atoms. The van der Waals surface area contributed by atoms with E-state index in [-0.39, 0.29) is 11.8 Å². The third kappa shape index (κ3) is 4.43. The van der Waals surface area contributed by atoms with Gasteiger partial charge in [0.05, 0.1) is 23.0 Å². The second kappa shape index (κ2) is 8.18. The minimum Gasteiger partial charge on any atom is -0.469 e. The molecule has 0 aliphatic heterocycles. The molecule has 0 unspecified atom stereocenters. The van der Waals surface area contributed by atoms with Gasteiger partial charge in [-0.15, -0.1) is 11.3 Å². The molecular formula is C20H21N3O3S. The molecule has 3 aromatic rings. The molecular weight excluding hydrogens is 362 g/mol. The van der Waals surface area contributed by atoms with Crippen molar-refractivity contribution in [2.24, 2.45) is 0 Å². The van der Waals surface area contributed by atoms with Crippen LogP contribution in [0.4, 0.5) is 5.69 Å². The van der Waals surface area contributed by atoms with Crippen LogP contribution >= 0.6 is 11.3 Å². The second-order valence-corrected chi connectivity index (χ2v) is 7.18. The number of carbonyl (C=O) groups excluding carboxylic acids is 2. The molecule has 0 fully saturated rings. The van der Waals surface area contributed by atoms with Gasteiger partial charge in [-0.3, -0.25) is 9.59 Å². The van der Waals surface area contributed by atoms with E-state index in [1.54, 1.807) is 36.5 Å². The Labute approximate surface area is 161 Å². The van der Waals surface area contributed by atoms with E-state index in [4.69, 9.17) is 4.42 Å². The van der Waals surface area contributed by atoms with E-state index in [0.717, 1.165) is 17.7 Å². The molecule has 0 saturated carbocycles. The van der Waals surface area contributed by atoms with Crippen molar-refractivity contribution in [3.05, 3.63) is 69.1 Å². The van der Waals surface area contributed by atoms with Gasteiger partial charge in [0.1, 0.15) is 5.76 Å². The van der Waals surface area contributed by atoms with Crippen molar-refractivity contribution >= 4 is 28.8 Å². The summed E-state index contributed by atoms with van der Waals surface area (Å²) in [5.41, 5.74) is 5.27. The van der Waals surface area contributed by atoms with E-state index in [1.807, 2.05) is 25.4 Å². The minimum atomic E-state index is -0.262. The summed E-state index contributed by atoms with van der Waals surface area (Å²) in [4.78, 5) is 30.2. The average Bonchev–Trinajstić information content (AvgIpc) is 3.25. The van der Waals surface area contributed by atoms with Crippen molar-refractivity contribution in [3.63, 3.8) is 0 Å². The normalized spacial score (nSPS) is 10.6. The predicted molar refractivity (Wildman–Crippen MR) is 105 cm³/mol. The van der Waals surface area contributed by atoms with Crippen LogP contribution < -0.4 is 10.6 Å². The number of aromatic nitrogens is 1. The highest BCUT2D eigenvalue weighted by Crippen LogP contribution is 2.19. The number of amides is 2. The Hall–Kier alpha value is -2.93. The molecule has 7 heteroatoms. The van der Waals surface area contributed by atoms with Crippen molar-refractivity contribution in [2.45, 2.75) is 27.2 Å². The van der Waals surface area contributed by atoms with E-state index in [0.29, 0.717) is 29.1 Å². The monoisotopic (exact) mass is 383 g/mol. The van der Waals surface area contributed by atoms with Gasteiger partial charge in [0.25, 0.3) is 11.8 Å². The molecule has 0 atom stereocenters. The highest BCUT2D eigenvalue weighted by molar-refractivity contribution is 7.09. The molecule has 2 N–H and O–H groups in total. The molecule has 0 aliphatic carbocycles. The zero-order chi connectivity index (χ0) is 19.4. The zero-order valence-corrected chi connectivity index (χ0v) is 16.3. The van der Waals surface area contributed by atoms with Gasteiger partial charge in [0.2, 0.25) is 0 Å². The molecule has 0 aliphatic rings. The summed E-state index contributed by atoms with van der Waals surface area (Å²) in [6.07, 6.45) is 2.23. The predicted octanol–water partition coefficient (Wildman–Crippen LogP) is 3.89. The van der Waals surface area contributed by atoms with Crippen LogP contribution in [-0.4, -0.2) is 23.3 Å². The molecule has 27 heavy (non-hydrogen) atoms. The van der Waals surface area contributed by atoms with Crippen molar-refractivity contribution in [1.29, 1.82) is 0 Å². The largest absolute Gasteiger partial charge is 0.469 e. The Morgan fingerprint density at radius 2 is 1.96 bits per heavy atom. The summed E-state index contributed by atoms with van der Waals surface area (Å²) in [6.45, 7) is 6.11. The number of anilines is 1. The second-order valence-electron chi connectivity index (χ2n) is 6.24. The number of hydrogen-bond donors (Lipinski definition) is 2. The standard InChI is InChI=1S/C20H21N3O3S/c1-12-4-5-15(19(24)21-8-6-18-13(2)22-11-27-18)10-17(12)23-20(25)16-7-9-26-14(16)3/h4-5,7,9-11H,6,8H2,1-3H3,(H,21,24)(H,23,25). The maximum absolute atomic E-state index is 12.4. The third-order valence-electron chi connectivity index (χ3n) is 4.33. The first-order chi connectivity index (χ1) is 13.0. The molecule has 2 aromatic heterocycles. The maximum atomic E-state index is 12.4. The molecule has 0 spiro atoms. The Kier molecular flexibility index (Phi) is 5.71. The summed E-state index contributed by atoms with van der Waals surface area (Å²) in [5.74, 6) is 0.118. The number of furan rings is 1. The Morgan fingerprint density at radius 1 is 1.15 bits per heavy atom. The van der Waals surface area contributed by atoms with Gasteiger partial charge in [0.15, 0.2) is 0 Å². The fraction of sp³-hybridized carbons (Fsp3) is 0.250. The van der Waals surface area contributed by atoms with E-state index in [9.17, 15) is 9.59 Å². The van der Waals surface area contributed by atoms with Crippen LogP contribution in [0.15, 0.2) is 40.5 Å². The molecule has 2 heterocycles. The van der Waals surface area contributed by atoms with Crippen LogP contribution in [0.5, 0.6) is 0 Å². The van der Waals surface area contributed by atoms with Gasteiger partial charge in [0, 0.05) is 29.1 Å². The first-order valence-corrected chi connectivity index (χ1v) is 9.47. The van der Waals surface area contributed by atoms with Crippen molar-refractivity contribution in [1.82, 2.24) is 10.3 Å². The fourth-order valence-corrected chi connectivity index (χ4v) is 3.45. The molecule has 0 radical (unpaired) electrons. The summed E-state index contributed by atoms with van der Waals surface area (Å²) in [6, 6.07) is 6.88. The Balaban J connectivity index is 1.65. The first-order valence-electron chi connectivity index (χ1n) is 8.59. The van der Waals surface area contributed by atoms with Crippen LogP contribution in [0, 0.1) is 20.8 Å². The summed E-state index contributed by atoms with van der Waals surface area (Å²) >= 11 is 1.59. The Morgan fingerprint density at radius 3 is 2.63 bits per heavy atom. The van der Waals surface area contributed by atoms with Crippen molar-refractivity contribution in [3.8, 4) is 0 Å². The Bertz CT molecular complexity index is 975. The summed E-state index contributed by atoms with van der Waals surface area (Å²) in [5, 5.41) is 5.76.